The lowest BCUT2D eigenvalue weighted by Gasteiger charge is -2.27. The Kier molecular flexibility index (Phi) is 11.0. The third kappa shape index (κ3) is 8.16. The Morgan fingerprint density at radius 1 is 1.09 bits per heavy atom. The van der Waals surface area contributed by atoms with Crippen molar-refractivity contribution < 1.29 is 39.8 Å². The molecule has 10 nitrogen and oxygen atoms in total. The third-order valence-electron chi connectivity index (χ3n) is 8.11. The highest BCUT2D eigenvalue weighted by molar-refractivity contribution is 7.99. The van der Waals surface area contributed by atoms with Crippen LogP contribution < -0.4 is 4.74 Å². The van der Waals surface area contributed by atoms with Gasteiger partial charge in [0.2, 0.25) is 0 Å². The fourth-order valence-corrected chi connectivity index (χ4v) is 6.19. The average Bonchev–Trinajstić information content (AvgIpc) is 4.01. The molecule has 12 heteroatoms. The first-order valence-corrected chi connectivity index (χ1v) is 16.3. The number of rotatable bonds is 16. The fraction of sp³-hybridized carbons (Fsp3) is 0.455. The van der Waals surface area contributed by atoms with E-state index in [0.717, 1.165) is 58.6 Å². The summed E-state index contributed by atoms with van der Waals surface area (Å²) < 4.78 is 12.8. The Morgan fingerprint density at radius 2 is 1.84 bits per heavy atom. The van der Waals surface area contributed by atoms with E-state index in [1.54, 1.807) is 6.20 Å². The number of nitrogens with zero attached hydrogens (tertiary/aromatic N) is 2. The molecule has 0 saturated heterocycles. The predicted octanol–water partition coefficient (Wildman–Crippen LogP) is 3.14. The first-order chi connectivity index (χ1) is 21.6. The molecule has 3 aromatic rings. The van der Waals surface area contributed by atoms with Gasteiger partial charge in [-0.15, -0.1) is 11.8 Å². The lowest BCUT2D eigenvalue weighted by atomic mass is 9.96. The van der Waals surface area contributed by atoms with Crippen LogP contribution in [0.15, 0.2) is 65.8 Å². The topological polar surface area (TPSA) is 153 Å². The van der Waals surface area contributed by atoms with E-state index < -0.39 is 42.5 Å². The molecule has 4 unspecified atom stereocenters. The second-order valence-corrected chi connectivity index (χ2v) is 13.1. The van der Waals surface area contributed by atoms with Crippen molar-refractivity contribution in [1.29, 1.82) is 0 Å². The number of amides is 1. The van der Waals surface area contributed by atoms with Crippen LogP contribution in [-0.4, -0.2) is 97.8 Å². The first kappa shape index (κ1) is 33.6. The highest BCUT2D eigenvalue weighted by Crippen LogP contribution is 2.53. The number of thioether (sulfide) groups is 1. The van der Waals surface area contributed by atoms with E-state index >= 15 is 0 Å². The van der Waals surface area contributed by atoms with E-state index in [4.69, 9.17) is 26.2 Å². The van der Waals surface area contributed by atoms with Gasteiger partial charge >= 0.3 is 0 Å². The summed E-state index contributed by atoms with van der Waals surface area (Å²) in [6.45, 7) is -0.291. The molecule has 45 heavy (non-hydrogen) atoms. The van der Waals surface area contributed by atoms with Gasteiger partial charge in [0.15, 0.2) is 6.10 Å². The van der Waals surface area contributed by atoms with Crippen LogP contribution in [0.2, 0.25) is 5.02 Å². The molecule has 1 heterocycles. The number of aromatic nitrogens is 1. The van der Waals surface area contributed by atoms with Gasteiger partial charge < -0.3 is 39.9 Å². The van der Waals surface area contributed by atoms with Crippen LogP contribution in [0, 0.1) is 0 Å². The Balaban J connectivity index is 1.20. The average molecular weight is 659 g/mol. The Morgan fingerprint density at radius 3 is 2.56 bits per heavy atom. The van der Waals surface area contributed by atoms with Crippen LogP contribution >= 0.6 is 23.4 Å². The van der Waals surface area contributed by atoms with E-state index in [-0.39, 0.29) is 12.6 Å². The van der Waals surface area contributed by atoms with Crippen molar-refractivity contribution in [2.45, 2.75) is 73.3 Å². The molecule has 2 fully saturated rings. The summed E-state index contributed by atoms with van der Waals surface area (Å²) in [6.07, 6.45) is 0.372. The second kappa shape index (κ2) is 14.8. The number of aliphatic hydroxyl groups excluding tert-OH is 5. The molecule has 0 aliphatic heterocycles. The zero-order valence-electron chi connectivity index (χ0n) is 25.0. The number of para-hydroxylation sites is 1. The van der Waals surface area contributed by atoms with Crippen molar-refractivity contribution in [1.82, 2.24) is 9.88 Å². The van der Waals surface area contributed by atoms with Crippen molar-refractivity contribution in [3.05, 3.63) is 77.1 Å². The number of ether oxygens (including phenoxy) is 2. The molecular formula is C33H39ClN2O8S. The van der Waals surface area contributed by atoms with Crippen LogP contribution in [0.25, 0.3) is 11.1 Å². The summed E-state index contributed by atoms with van der Waals surface area (Å²) >= 11 is 8.05. The number of carbonyl (C=O) groups excluding carboxylic acids is 1. The number of hydrogen-bond donors (Lipinski definition) is 5. The Labute approximate surface area is 271 Å². The Hall–Kier alpha value is -2.74. The Bertz CT molecular complexity index is 1470. The number of benzene rings is 2. The van der Waals surface area contributed by atoms with E-state index in [2.05, 4.69) is 11.1 Å². The number of carbonyl (C=O) groups is 1. The molecule has 1 aromatic heterocycles. The van der Waals surface area contributed by atoms with E-state index in [9.17, 15) is 25.2 Å². The quantitative estimate of drug-likeness (QED) is 0.145. The summed E-state index contributed by atoms with van der Waals surface area (Å²) in [5, 5.41) is 49.0. The summed E-state index contributed by atoms with van der Waals surface area (Å²) in [5.41, 5.74) is 3.45. The fourth-order valence-electron chi connectivity index (χ4n) is 5.03. The summed E-state index contributed by atoms with van der Waals surface area (Å²) in [7, 11) is 1.47. The predicted molar refractivity (Wildman–Crippen MR) is 170 cm³/mol. The van der Waals surface area contributed by atoms with Crippen LogP contribution in [-0.2, 0) is 21.7 Å². The van der Waals surface area contributed by atoms with Crippen LogP contribution in [0.5, 0.6) is 5.75 Å². The second-order valence-electron chi connectivity index (χ2n) is 11.6. The maximum atomic E-state index is 12.5. The third-order valence-corrected chi connectivity index (χ3v) is 9.45. The van der Waals surface area contributed by atoms with Crippen molar-refractivity contribution in [3.63, 3.8) is 0 Å². The standard InChI is InChI=1S/C33H39ClN2O8S/c1-36(32(42)31(41)30(40)29(39)27(38)18-37)14-15-45-22-8-9-26(34)20(16-22)19-43-33(11-12-33)25-17-35-13-10-23(25)24-4-2-3-5-28(24)44-21-6-7-21/h2-5,8-10,13,16-17,21,27,29-31,37-41H,6-7,11-12,14-15,18-19H2,1H3. The monoisotopic (exact) mass is 658 g/mol. The van der Waals surface area contributed by atoms with E-state index in [1.165, 1.54) is 23.7 Å². The highest BCUT2D eigenvalue weighted by atomic mass is 35.5. The minimum Gasteiger partial charge on any atom is -0.490 e. The van der Waals surface area contributed by atoms with Crippen LogP contribution in [0.3, 0.4) is 0 Å². The molecule has 2 saturated carbocycles. The zero-order valence-corrected chi connectivity index (χ0v) is 26.5. The van der Waals surface area contributed by atoms with Crippen molar-refractivity contribution in [2.24, 2.45) is 0 Å². The minimum absolute atomic E-state index is 0.235. The number of likely N-dealkylation sites (N-methyl/N-ethyl adjacent to an activating group) is 1. The molecule has 0 bridgehead atoms. The maximum Gasteiger partial charge on any atom is 0.253 e. The number of halogens is 1. The van der Waals surface area contributed by atoms with Gasteiger partial charge in [-0.3, -0.25) is 9.78 Å². The molecular weight excluding hydrogens is 620 g/mol. The maximum absolute atomic E-state index is 12.5. The van der Waals surface area contributed by atoms with Gasteiger partial charge in [0.05, 0.1) is 24.9 Å². The lowest BCUT2D eigenvalue weighted by Crippen LogP contribution is -2.52. The molecule has 242 valence electrons. The van der Waals surface area contributed by atoms with Gasteiger partial charge in [0.25, 0.3) is 5.91 Å². The van der Waals surface area contributed by atoms with Crippen molar-refractivity contribution in [3.8, 4) is 16.9 Å². The van der Waals surface area contributed by atoms with Crippen LogP contribution in [0.1, 0.15) is 36.8 Å². The largest absolute Gasteiger partial charge is 0.490 e. The van der Waals surface area contributed by atoms with Gasteiger partial charge in [-0.1, -0.05) is 29.8 Å². The van der Waals surface area contributed by atoms with Crippen molar-refractivity contribution >= 4 is 29.3 Å². The molecule has 4 atom stereocenters. The van der Waals surface area contributed by atoms with E-state index in [0.29, 0.717) is 17.4 Å². The van der Waals surface area contributed by atoms with Gasteiger partial charge in [0, 0.05) is 52.8 Å². The minimum atomic E-state index is -1.95. The first-order valence-electron chi connectivity index (χ1n) is 15.0. The van der Waals surface area contributed by atoms with Gasteiger partial charge in [-0.05, 0) is 67.1 Å². The molecule has 5 rings (SSSR count). The number of hydrogen-bond acceptors (Lipinski definition) is 10. The zero-order chi connectivity index (χ0) is 32.1. The molecule has 2 aliphatic rings. The normalized spacial score (nSPS) is 18.1. The lowest BCUT2D eigenvalue weighted by molar-refractivity contribution is -0.156. The SMILES string of the molecule is CN(CCSc1ccc(Cl)c(COC2(c3cnccc3-c3ccccc3OC3CC3)CC2)c1)C(=O)C(O)C(O)C(O)C(O)CO. The van der Waals surface area contributed by atoms with Crippen molar-refractivity contribution in [2.75, 3.05) is 26.0 Å². The van der Waals surface area contributed by atoms with Gasteiger partial charge in [-0.25, -0.2) is 0 Å². The molecule has 0 radical (unpaired) electrons. The molecule has 0 spiro atoms. The molecule has 1 amide bonds. The number of aliphatic hydroxyl groups is 5. The molecule has 2 aliphatic carbocycles. The molecule has 2 aromatic carbocycles. The molecule has 5 N–H and O–H groups in total. The summed E-state index contributed by atoms with van der Waals surface area (Å²) in [4.78, 5) is 19.1. The van der Waals surface area contributed by atoms with Gasteiger partial charge in [-0.2, -0.15) is 0 Å². The summed E-state index contributed by atoms with van der Waals surface area (Å²) in [6, 6.07) is 15.7. The highest BCUT2D eigenvalue weighted by Gasteiger charge is 2.48. The van der Waals surface area contributed by atoms with E-state index in [1.807, 2.05) is 48.7 Å². The smallest absolute Gasteiger partial charge is 0.253 e. The number of pyridine rings is 1. The van der Waals surface area contributed by atoms with Crippen LogP contribution in [0.4, 0.5) is 0 Å². The van der Waals surface area contributed by atoms with Gasteiger partial charge in [0.1, 0.15) is 24.1 Å². The summed E-state index contributed by atoms with van der Waals surface area (Å²) in [5.74, 6) is 0.524.